The molecule has 29 heavy (non-hydrogen) atoms. The number of pyridine rings is 1. The maximum atomic E-state index is 15.1. The van der Waals surface area contributed by atoms with Gasteiger partial charge in [-0.2, -0.15) is 0 Å². The second kappa shape index (κ2) is 5.87. The summed E-state index contributed by atoms with van der Waals surface area (Å²) in [6, 6.07) is 9.65. The van der Waals surface area contributed by atoms with Crippen molar-refractivity contribution < 1.29 is 4.39 Å². The summed E-state index contributed by atoms with van der Waals surface area (Å²) in [5.74, 6) is -0.443. The number of H-pyrrole nitrogens is 1. The molecular formula is C22H18FN3O2S. The zero-order valence-electron chi connectivity index (χ0n) is 15.7. The molecule has 2 aromatic heterocycles. The molecule has 3 heterocycles. The van der Waals surface area contributed by atoms with Gasteiger partial charge >= 0.3 is 0 Å². The van der Waals surface area contributed by atoms with Crippen molar-refractivity contribution in [3.8, 4) is 11.1 Å². The van der Waals surface area contributed by atoms with Crippen LogP contribution in [0.15, 0.2) is 39.9 Å². The first-order chi connectivity index (χ1) is 14.0. The van der Waals surface area contributed by atoms with Crippen LogP contribution in [0.4, 0.5) is 4.39 Å². The van der Waals surface area contributed by atoms with E-state index >= 15 is 4.39 Å². The van der Waals surface area contributed by atoms with E-state index in [2.05, 4.69) is 21.2 Å². The van der Waals surface area contributed by atoms with Gasteiger partial charge in [0.2, 0.25) is 5.43 Å². The van der Waals surface area contributed by atoms with Gasteiger partial charge in [-0.15, -0.1) is 0 Å². The lowest BCUT2D eigenvalue weighted by Gasteiger charge is -2.14. The Morgan fingerprint density at radius 1 is 1.17 bits per heavy atom. The molecule has 2 aromatic carbocycles. The van der Waals surface area contributed by atoms with Crippen LogP contribution in [0.3, 0.4) is 0 Å². The van der Waals surface area contributed by atoms with E-state index in [4.69, 9.17) is 0 Å². The van der Waals surface area contributed by atoms with Crippen LogP contribution in [-0.4, -0.2) is 8.94 Å². The molecule has 1 saturated carbocycles. The summed E-state index contributed by atoms with van der Waals surface area (Å²) in [5.41, 5.74) is 3.61. The van der Waals surface area contributed by atoms with Crippen LogP contribution >= 0.6 is 11.5 Å². The molecule has 1 unspecified atom stereocenters. The molecule has 1 aliphatic heterocycles. The number of fused-ring (bicyclic) bond motifs is 3. The summed E-state index contributed by atoms with van der Waals surface area (Å²) in [4.78, 5) is 25.8. The summed E-state index contributed by atoms with van der Waals surface area (Å²) in [7, 11) is 0. The minimum atomic E-state index is -0.443. The highest BCUT2D eigenvalue weighted by Gasteiger charge is 2.29. The number of nitrogens with zero attached hydrogens (tertiary/aromatic N) is 1. The van der Waals surface area contributed by atoms with Crippen LogP contribution < -0.4 is 16.3 Å². The van der Waals surface area contributed by atoms with Crippen molar-refractivity contribution in [1.29, 1.82) is 0 Å². The monoisotopic (exact) mass is 407 g/mol. The van der Waals surface area contributed by atoms with Crippen molar-refractivity contribution in [1.82, 2.24) is 14.3 Å². The largest absolute Gasteiger partial charge is 0.328 e. The normalized spacial score (nSPS) is 18.6. The number of benzene rings is 2. The smallest absolute Gasteiger partial charge is 0.271 e. The molecule has 7 heteroatoms. The highest BCUT2D eigenvalue weighted by atomic mass is 32.1. The van der Waals surface area contributed by atoms with Crippen LogP contribution in [0.2, 0.25) is 0 Å². The predicted octanol–water partition coefficient (Wildman–Crippen LogP) is 4.21. The number of hydrogen-bond acceptors (Lipinski definition) is 4. The van der Waals surface area contributed by atoms with Gasteiger partial charge in [0, 0.05) is 29.6 Å². The van der Waals surface area contributed by atoms with E-state index in [9.17, 15) is 9.59 Å². The maximum absolute atomic E-state index is 15.1. The quantitative estimate of drug-likeness (QED) is 0.523. The Balaban J connectivity index is 1.67. The second-order valence-corrected chi connectivity index (χ2v) is 8.80. The van der Waals surface area contributed by atoms with Crippen LogP contribution in [-0.2, 0) is 6.54 Å². The first-order valence-corrected chi connectivity index (χ1v) is 10.6. The fourth-order valence-electron chi connectivity index (χ4n) is 4.49. The molecule has 0 radical (unpaired) electrons. The first kappa shape index (κ1) is 17.1. The van der Waals surface area contributed by atoms with E-state index in [0.29, 0.717) is 22.0 Å². The third kappa shape index (κ3) is 2.41. The molecule has 0 spiro atoms. The van der Waals surface area contributed by atoms with Crippen molar-refractivity contribution in [2.45, 2.75) is 38.4 Å². The molecule has 6 rings (SSSR count). The summed E-state index contributed by atoms with van der Waals surface area (Å²) >= 11 is 1.18. The van der Waals surface area contributed by atoms with Crippen LogP contribution in [0.1, 0.15) is 43.0 Å². The molecule has 0 bridgehead atoms. The van der Waals surface area contributed by atoms with Crippen molar-refractivity contribution in [3.63, 3.8) is 0 Å². The van der Waals surface area contributed by atoms with E-state index < -0.39 is 16.8 Å². The van der Waals surface area contributed by atoms with Gasteiger partial charge in [0.1, 0.15) is 16.0 Å². The highest BCUT2D eigenvalue weighted by Crippen LogP contribution is 2.41. The zero-order valence-corrected chi connectivity index (χ0v) is 16.5. The van der Waals surface area contributed by atoms with Gasteiger partial charge in [-0.3, -0.25) is 14.0 Å². The molecule has 1 aliphatic carbocycles. The lowest BCUT2D eigenvalue weighted by atomic mass is 9.97. The number of aromatic nitrogens is 2. The Morgan fingerprint density at radius 2 is 2.00 bits per heavy atom. The number of rotatable bonds is 2. The van der Waals surface area contributed by atoms with Crippen LogP contribution in [0.5, 0.6) is 0 Å². The molecule has 2 aliphatic rings. The molecule has 0 amide bonds. The maximum Gasteiger partial charge on any atom is 0.271 e. The van der Waals surface area contributed by atoms with Gasteiger partial charge in [-0.1, -0.05) is 12.1 Å². The van der Waals surface area contributed by atoms with Gasteiger partial charge in [0.25, 0.3) is 5.56 Å². The fourth-order valence-corrected chi connectivity index (χ4v) is 5.41. The minimum Gasteiger partial charge on any atom is -0.328 e. The topological polar surface area (TPSA) is 66.9 Å². The van der Waals surface area contributed by atoms with Crippen molar-refractivity contribution in [3.05, 3.63) is 67.9 Å². The molecule has 0 saturated heterocycles. The lowest BCUT2D eigenvalue weighted by Crippen LogP contribution is -2.15. The molecule has 1 atom stereocenters. The lowest BCUT2D eigenvalue weighted by molar-refractivity contribution is 0.632. The van der Waals surface area contributed by atoms with E-state index in [1.807, 2.05) is 18.2 Å². The molecular weight excluding hydrogens is 389 g/mol. The third-order valence-electron chi connectivity index (χ3n) is 6.15. The number of hydrogen-bond donors (Lipinski definition) is 2. The number of halogens is 1. The Kier molecular flexibility index (Phi) is 3.47. The Bertz CT molecular complexity index is 1440. The first-order valence-electron chi connectivity index (χ1n) is 9.78. The van der Waals surface area contributed by atoms with Crippen LogP contribution in [0, 0.1) is 5.82 Å². The van der Waals surface area contributed by atoms with Gasteiger partial charge in [-0.05, 0) is 66.2 Å². The van der Waals surface area contributed by atoms with E-state index in [1.165, 1.54) is 28.7 Å². The standard InChI is InChI=1S/C22H18FN3O2S/c1-10-14-5-2-11(6-12(14)9-24-10)15-8-18-16(7-17(15)23)20(27)19-21(28)25-29-22(19)26(18)13-3-4-13/h2,5-8,10,13,24H,3-4,9H2,1H3,(H,25,28). The average molecular weight is 407 g/mol. The number of nitrogens with one attached hydrogen (secondary N) is 2. The van der Waals surface area contributed by atoms with Gasteiger partial charge in [0.05, 0.1) is 5.52 Å². The Morgan fingerprint density at radius 3 is 2.79 bits per heavy atom. The Hall–Kier alpha value is -2.77. The van der Waals surface area contributed by atoms with Gasteiger partial charge in [0.15, 0.2) is 0 Å². The Labute approximate surface area is 168 Å². The number of aromatic amines is 1. The van der Waals surface area contributed by atoms with Crippen molar-refractivity contribution in [2.24, 2.45) is 0 Å². The average Bonchev–Trinajstić information content (AvgIpc) is 3.38. The third-order valence-corrected chi connectivity index (χ3v) is 7.03. The molecule has 5 nitrogen and oxygen atoms in total. The van der Waals surface area contributed by atoms with E-state index in [0.717, 1.165) is 24.9 Å². The van der Waals surface area contributed by atoms with E-state index in [1.54, 1.807) is 6.07 Å². The van der Waals surface area contributed by atoms with Crippen molar-refractivity contribution in [2.75, 3.05) is 0 Å². The van der Waals surface area contributed by atoms with Crippen molar-refractivity contribution >= 4 is 32.7 Å². The minimum absolute atomic E-state index is 0.138. The zero-order chi connectivity index (χ0) is 19.9. The molecule has 2 N–H and O–H groups in total. The molecule has 1 fully saturated rings. The predicted molar refractivity (Wildman–Crippen MR) is 113 cm³/mol. The summed E-state index contributed by atoms with van der Waals surface area (Å²) < 4.78 is 19.9. The fraction of sp³-hybridized carbons (Fsp3) is 0.273. The summed E-state index contributed by atoms with van der Waals surface area (Å²) in [6.45, 7) is 2.88. The molecule has 4 aromatic rings. The van der Waals surface area contributed by atoms with Gasteiger partial charge < -0.3 is 9.88 Å². The highest BCUT2D eigenvalue weighted by molar-refractivity contribution is 7.12. The van der Waals surface area contributed by atoms with E-state index in [-0.39, 0.29) is 16.8 Å². The van der Waals surface area contributed by atoms with Gasteiger partial charge in [-0.25, -0.2) is 4.39 Å². The summed E-state index contributed by atoms with van der Waals surface area (Å²) in [6.07, 6.45) is 1.99. The van der Waals surface area contributed by atoms with Crippen LogP contribution in [0.25, 0.3) is 32.2 Å². The summed E-state index contributed by atoms with van der Waals surface area (Å²) in [5, 5.41) is 3.81. The SMILES string of the molecule is CC1NCc2cc(-c3cc4c(cc3F)c(=O)c3c(=O)[nH]sc3n4C3CC3)ccc21. The molecule has 146 valence electrons. The second-order valence-electron chi connectivity index (χ2n) is 8.01.